The first kappa shape index (κ1) is 29.8. The third kappa shape index (κ3) is 6.63. The summed E-state index contributed by atoms with van der Waals surface area (Å²) in [6.45, 7) is -0.493. The lowest BCUT2D eigenvalue weighted by Crippen LogP contribution is -2.39. The molecule has 0 radical (unpaired) electrons. The zero-order valence-corrected chi connectivity index (χ0v) is 24.4. The van der Waals surface area contributed by atoms with E-state index in [0.29, 0.717) is 27.8 Å². The number of nitrogens with one attached hydrogen (secondary N) is 1. The molecule has 11 heteroatoms. The van der Waals surface area contributed by atoms with Crippen LogP contribution in [0.5, 0.6) is 17.4 Å². The number of hydrogen-bond donors (Lipinski definition) is 3. The van der Waals surface area contributed by atoms with Gasteiger partial charge in [-0.3, -0.25) is 10.1 Å². The highest BCUT2D eigenvalue weighted by molar-refractivity contribution is 6.32. The predicted octanol–water partition coefficient (Wildman–Crippen LogP) is 5.96. The minimum absolute atomic E-state index is 0.0241. The molecule has 226 valence electrons. The maximum absolute atomic E-state index is 11.7. The first-order chi connectivity index (χ1) is 21.9. The molecular formula is C34H26ClN3O7. The number of fused-ring (bicyclic) bond motifs is 2. The highest BCUT2D eigenvalue weighted by Crippen LogP contribution is 2.38. The van der Waals surface area contributed by atoms with Gasteiger partial charge in [0, 0.05) is 35.2 Å². The van der Waals surface area contributed by atoms with Gasteiger partial charge in [0.15, 0.2) is 5.75 Å². The van der Waals surface area contributed by atoms with Crippen molar-refractivity contribution >= 4 is 39.4 Å². The minimum atomic E-state index is -1.20. The van der Waals surface area contributed by atoms with Crippen molar-refractivity contribution in [3.63, 3.8) is 0 Å². The van der Waals surface area contributed by atoms with E-state index in [-0.39, 0.29) is 29.8 Å². The first-order valence-electron chi connectivity index (χ1n) is 13.9. The summed E-state index contributed by atoms with van der Waals surface area (Å²) in [7, 11) is 0. The number of aromatic nitrogens is 2. The molecule has 0 unspecified atom stereocenters. The SMILES string of the molecule is O=C(O)[C@H](CO)NCc1cc(Cl)c(Oc2ncnc3c(-c4ccccc4)cccc23)cc1OCc1ccc2ccc(=O)oc2c1. The molecule has 45 heavy (non-hydrogen) atoms. The van der Waals surface area contributed by atoms with Crippen LogP contribution in [0, 0.1) is 0 Å². The summed E-state index contributed by atoms with van der Waals surface area (Å²) in [4.78, 5) is 32.1. The number of carboxylic acids is 1. The van der Waals surface area contributed by atoms with Crippen molar-refractivity contribution < 1.29 is 28.9 Å². The summed E-state index contributed by atoms with van der Waals surface area (Å²) < 4.78 is 17.7. The molecule has 0 spiro atoms. The summed E-state index contributed by atoms with van der Waals surface area (Å²) in [5, 5.41) is 23.3. The van der Waals surface area contributed by atoms with Gasteiger partial charge in [-0.15, -0.1) is 0 Å². The summed E-state index contributed by atoms with van der Waals surface area (Å²) >= 11 is 6.68. The minimum Gasteiger partial charge on any atom is -0.488 e. The Morgan fingerprint density at radius 3 is 2.58 bits per heavy atom. The number of hydrogen-bond acceptors (Lipinski definition) is 9. The van der Waals surface area contributed by atoms with Crippen LogP contribution in [0.25, 0.3) is 33.0 Å². The molecule has 4 aromatic carbocycles. The van der Waals surface area contributed by atoms with Crippen LogP contribution >= 0.6 is 11.6 Å². The Balaban J connectivity index is 1.34. The number of rotatable bonds is 11. The molecule has 0 aliphatic rings. The fourth-order valence-corrected chi connectivity index (χ4v) is 5.07. The number of aliphatic carboxylic acids is 1. The quantitative estimate of drug-likeness (QED) is 0.148. The molecule has 0 saturated heterocycles. The van der Waals surface area contributed by atoms with Crippen molar-refractivity contribution in [3.8, 4) is 28.5 Å². The molecule has 0 saturated carbocycles. The molecule has 2 heterocycles. The summed E-state index contributed by atoms with van der Waals surface area (Å²) in [6, 6.07) is 26.0. The zero-order chi connectivity index (χ0) is 31.3. The number of carbonyl (C=O) groups is 1. The maximum Gasteiger partial charge on any atom is 0.336 e. The van der Waals surface area contributed by atoms with E-state index >= 15 is 0 Å². The Morgan fingerprint density at radius 1 is 0.956 bits per heavy atom. The van der Waals surface area contributed by atoms with Gasteiger partial charge < -0.3 is 24.1 Å². The second-order valence-electron chi connectivity index (χ2n) is 10.1. The van der Waals surface area contributed by atoms with Gasteiger partial charge >= 0.3 is 11.6 Å². The van der Waals surface area contributed by atoms with E-state index in [0.717, 1.165) is 22.1 Å². The van der Waals surface area contributed by atoms with Gasteiger partial charge in [0.1, 0.15) is 30.3 Å². The number of ether oxygens (including phenoxy) is 2. The van der Waals surface area contributed by atoms with Crippen molar-refractivity contribution in [3.05, 3.63) is 124 Å². The van der Waals surface area contributed by atoms with Crippen molar-refractivity contribution in [1.29, 1.82) is 0 Å². The van der Waals surface area contributed by atoms with Crippen LogP contribution in [-0.2, 0) is 17.9 Å². The summed E-state index contributed by atoms with van der Waals surface area (Å²) in [6.07, 6.45) is 1.42. The number of benzene rings is 4. The molecule has 3 N–H and O–H groups in total. The van der Waals surface area contributed by atoms with Gasteiger partial charge in [0.2, 0.25) is 5.88 Å². The molecule has 6 aromatic rings. The van der Waals surface area contributed by atoms with E-state index in [1.165, 1.54) is 12.4 Å². The summed E-state index contributed by atoms with van der Waals surface area (Å²) in [5.74, 6) is -0.314. The highest BCUT2D eigenvalue weighted by atomic mass is 35.5. The zero-order valence-electron chi connectivity index (χ0n) is 23.6. The fraction of sp³-hybridized carbons (Fsp3) is 0.118. The van der Waals surface area contributed by atoms with Gasteiger partial charge in [0.05, 0.1) is 22.5 Å². The number of para-hydroxylation sites is 1. The van der Waals surface area contributed by atoms with Crippen LogP contribution in [0.15, 0.2) is 107 Å². The Morgan fingerprint density at radius 2 is 1.78 bits per heavy atom. The van der Waals surface area contributed by atoms with Crippen LogP contribution in [0.3, 0.4) is 0 Å². The molecule has 2 aromatic heterocycles. The molecule has 0 fully saturated rings. The van der Waals surface area contributed by atoms with Crippen LogP contribution in [0.1, 0.15) is 11.1 Å². The smallest absolute Gasteiger partial charge is 0.336 e. The van der Waals surface area contributed by atoms with Gasteiger partial charge in [-0.25, -0.2) is 14.8 Å². The Hall–Kier alpha value is -5.29. The van der Waals surface area contributed by atoms with Gasteiger partial charge in [-0.2, -0.15) is 0 Å². The fourth-order valence-electron chi connectivity index (χ4n) is 4.85. The third-order valence-electron chi connectivity index (χ3n) is 7.14. The maximum atomic E-state index is 11.7. The lowest BCUT2D eigenvalue weighted by atomic mass is 10.0. The van der Waals surface area contributed by atoms with E-state index < -0.39 is 24.2 Å². The van der Waals surface area contributed by atoms with Crippen molar-refractivity contribution in [2.24, 2.45) is 0 Å². The molecule has 6 rings (SSSR count). The van der Waals surface area contributed by atoms with Crippen LogP contribution in [-0.4, -0.2) is 38.8 Å². The van der Waals surface area contributed by atoms with Crippen LogP contribution in [0.2, 0.25) is 5.02 Å². The van der Waals surface area contributed by atoms with Crippen molar-refractivity contribution in [2.75, 3.05) is 6.61 Å². The molecule has 0 bridgehead atoms. The lowest BCUT2D eigenvalue weighted by Gasteiger charge is -2.18. The van der Waals surface area contributed by atoms with Crippen molar-refractivity contribution in [2.45, 2.75) is 19.2 Å². The van der Waals surface area contributed by atoms with Gasteiger partial charge in [-0.1, -0.05) is 66.2 Å². The van der Waals surface area contributed by atoms with E-state index in [1.807, 2.05) is 60.7 Å². The van der Waals surface area contributed by atoms with Crippen LogP contribution in [0.4, 0.5) is 0 Å². The Labute approximate surface area is 261 Å². The third-order valence-corrected chi connectivity index (χ3v) is 7.43. The molecule has 0 aliphatic carbocycles. The average Bonchev–Trinajstić information content (AvgIpc) is 3.05. The standard InChI is InChI=1S/C34H26ClN3O7/c35-26-14-23(16-36-27(17-39)34(41)42)28(43-18-20-9-10-22-11-12-31(40)44-29(22)13-20)15-30(26)45-33-25-8-4-7-24(32(25)37-19-38-33)21-5-2-1-3-6-21/h1-15,19,27,36,39H,16-18H2,(H,41,42)/t27-/m0/s1. The highest BCUT2D eigenvalue weighted by Gasteiger charge is 2.19. The molecular weight excluding hydrogens is 598 g/mol. The molecule has 10 nitrogen and oxygen atoms in total. The Kier molecular flexibility index (Phi) is 8.70. The van der Waals surface area contributed by atoms with E-state index in [9.17, 15) is 19.8 Å². The number of aliphatic hydroxyl groups excluding tert-OH is 1. The summed E-state index contributed by atoms with van der Waals surface area (Å²) in [5.41, 5.74) is 3.82. The van der Waals surface area contributed by atoms with E-state index in [4.69, 9.17) is 25.5 Å². The monoisotopic (exact) mass is 623 g/mol. The molecule has 1 atom stereocenters. The lowest BCUT2D eigenvalue weighted by molar-refractivity contribution is -0.140. The normalized spacial score (nSPS) is 11.9. The second-order valence-corrected chi connectivity index (χ2v) is 10.5. The Bertz CT molecular complexity index is 2070. The molecule has 0 aliphatic heterocycles. The van der Waals surface area contributed by atoms with Crippen molar-refractivity contribution in [1.82, 2.24) is 15.3 Å². The topological polar surface area (TPSA) is 144 Å². The van der Waals surface area contributed by atoms with E-state index in [2.05, 4.69) is 15.3 Å². The van der Waals surface area contributed by atoms with Gasteiger partial charge in [0.25, 0.3) is 0 Å². The first-order valence-corrected chi connectivity index (χ1v) is 14.3. The van der Waals surface area contributed by atoms with Crippen LogP contribution < -0.4 is 20.4 Å². The average molecular weight is 624 g/mol. The number of halogens is 1. The largest absolute Gasteiger partial charge is 0.488 e. The number of carboxylic acid groups (broad SMARTS) is 1. The number of nitrogens with zero attached hydrogens (tertiary/aromatic N) is 2. The second kappa shape index (κ2) is 13.1. The molecule has 0 amide bonds. The predicted molar refractivity (Wildman–Crippen MR) is 169 cm³/mol. The van der Waals surface area contributed by atoms with Gasteiger partial charge in [-0.05, 0) is 35.4 Å². The number of aliphatic hydroxyl groups is 1. The van der Waals surface area contributed by atoms with E-state index in [1.54, 1.807) is 24.3 Å².